The van der Waals surface area contributed by atoms with E-state index in [2.05, 4.69) is 11.9 Å². The smallest absolute Gasteiger partial charge is 0.341 e. The molecule has 2 atom stereocenters. The van der Waals surface area contributed by atoms with Gasteiger partial charge in [0.05, 0.1) is 6.04 Å². The summed E-state index contributed by atoms with van der Waals surface area (Å²) in [6, 6.07) is 6.88. The maximum atomic E-state index is 12.1. The normalized spacial score (nSPS) is 13.0. The minimum Gasteiger partial charge on any atom is -0.482 e. The van der Waals surface area contributed by atoms with Gasteiger partial charge in [-0.25, -0.2) is 4.79 Å². The van der Waals surface area contributed by atoms with E-state index in [1.165, 1.54) is 0 Å². The van der Waals surface area contributed by atoms with Crippen molar-refractivity contribution in [3.05, 3.63) is 42.0 Å². The van der Waals surface area contributed by atoms with Gasteiger partial charge in [0.1, 0.15) is 5.75 Å². The first-order valence-electron chi connectivity index (χ1n) is 7.19. The van der Waals surface area contributed by atoms with Crippen molar-refractivity contribution in [3.63, 3.8) is 0 Å². The minimum atomic E-state index is -1.02. The van der Waals surface area contributed by atoms with E-state index in [-0.39, 0.29) is 24.5 Å². The molecule has 0 radical (unpaired) electrons. The number of carbonyl (C=O) groups excluding carboxylic acids is 1. The number of carbonyl (C=O) groups is 2. The Labute approximate surface area is 131 Å². The van der Waals surface area contributed by atoms with Crippen LogP contribution in [0.15, 0.2) is 36.4 Å². The van der Waals surface area contributed by atoms with Gasteiger partial charge in [-0.1, -0.05) is 24.6 Å². The standard InChI is InChI=1S/C17H23NO4/c1-11(2)9-12(3)17(21)18-13(4)14-5-7-15(8-6-14)22-10-16(19)20/h5-8,12-13H,1,9-10H2,2-4H3,(H,18,21)(H,19,20). The van der Waals surface area contributed by atoms with Gasteiger partial charge in [0.2, 0.25) is 5.91 Å². The maximum absolute atomic E-state index is 12.1. The van der Waals surface area contributed by atoms with E-state index in [4.69, 9.17) is 9.84 Å². The average Bonchev–Trinajstić information content (AvgIpc) is 2.44. The fourth-order valence-corrected chi connectivity index (χ4v) is 2.05. The van der Waals surface area contributed by atoms with Crippen molar-refractivity contribution in [2.45, 2.75) is 33.2 Å². The number of ether oxygens (including phenoxy) is 1. The van der Waals surface area contributed by atoms with Gasteiger partial charge in [0.25, 0.3) is 0 Å². The first-order chi connectivity index (χ1) is 10.3. The van der Waals surface area contributed by atoms with Gasteiger partial charge in [0.15, 0.2) is 6.61 Å². The third-order valence-electron chi connectivity index (χ3n) is 3.20. The largest absolute Gasteiger partial charge is 0.482 e. The third kappa shape index (κ3) is 5.99. The summed E-state index contributed by atoms with van der Waals surface area (Å²) in [5.74, 6) is -0.656. The fourth-order valence-electron chi connectivity index (χ4n) is 2.05. The van der Waals surface area contributed by atoms with E-state index >= 15 is 0 Å². The van der Waals surface area contributed by atoms with Gasteiger partial charge in [-0.3, -0.25) is 4.79 Å². The molecule has 0 saturated heterocycles. The number of nitrogens with one attached hydrogen (secondary N) is 1. The molecule has 0 aliphatic carbocycles. The molecule has 0 aliphatic rings. The van der Waals surface area contributed by atoms with Crippen LogP contribution in [-0.2, 0) is 9.59 Å². The van der Waals surface area contributed by atoms with Crippen LogP contribution in [0.5, 0.6) is 5.75 Å². The van der Waals surface area contributed by atoms with E-state index in [1.54, 1.807) is 12.1 Å². The van der Waals surface area contributed by atoms with Gasteiger partial charge in [-0.2, -0.15) is 0 Å². The molecular formula is C17H23NO4. The van der Waals surface area contributed by atoms with E-state index in [1.807, 2.05) is 32.9 Å². The molecule has 5 nitrogen and oxygen atoms in total. The number of hydrogen-bond acceptors (Lipinski definition) is 3. The van der Waals surface area contributed by atoms with Crippen LogP contribution in [0.1, 0.15) is 38.8 Å². The minimum absolute atomic E-state index is 0.0123. The number of hydrogen-bond donors (Lipinski definition) is 2. The second-order valence-electron chi connectivity index (χ2n) is 5.54. The second kappa shape index (κ2) is 8.22. The highest BCUT2D eigenvalue weighted by atomic mass is 16.5. The van der Waals surface area contributed by atoms with E-state index in [0.29, 0.717) is 12.2 Å². The van der Waals surface area contributed by atoms with Gasteiger partial charge < -0.3 is 15.2 Å². The highest BCUT2D eigenvalue weighted by molar-refractivity contribution is 5.79. The molecule has 0 heterocycles. The fraction of sp³-hybridized carbons (Fsp3) is 0.412. The van der Waals surface area contributed by atoms with Crippen LogP contribution in [0, 0.1) is 5.92 Å². The molecule has 1 aromatic rings. The van der Waals surface area contributed by atoms with Crippen molar-refractivity contribution in [2.75, 3.05) is 6.61 Å². The highest BCUT2D eigenvalue weighted by Crippen LogP contribution is 2.19. The SMILES string of the molecule is C=C(C)CC(C)C(=O)NC(C)c1ccc(OCC(=O)O)cc1. The Balaban J connectivity index is 2.58. The van der Waals surface area contributed by atoms with Gasteiger partial charge >= 0.3 is 5.97 Å². The molecule has 2 unspecified atom stereocenters. The zero-order valence-electron chi connectivity index (χ0n) is 13.3. The lowest BCUT2D eigenvalue weighted by Gasteiger charge is -2.18. The second-order valence-corrected chi connectivity index (χ2v) is 5.54. The number of amides is 1. The van der Waals surface area contributed by atoms with Crippen molar-refractivity contribution in [1.82, 2.24) is 5.32 Å². The molecule has 120 valence electrons. The van der Waals surface area contributed by atoms with Gasteiger partial charge in [-0.15, -0.1) is 6.58 Å². The Morgan fingerprint density at radius 3 is 2.36 bits per heavy atom. The summed E-state index contributed by atoms with van der Waals surface area (Å²) in [7, 11) is 0. The van der Waals surface area contributed by atoms with Crippen LogP contribution in [0.4, 0.5) is 0 Å². The molecule has 5 heteroatoms. The molecule has 1 aromatic carbocycles. The number of carboxylic acid groups (broad SMARTS) is 1. The van der Waals surface area contributed by atoms with Crippen molar-refractivity contribution >= 4 is 11.9 Å². The van der Waals surface area contributed by atoms with Crippen molar-refractivity contribution < 1.29 is 19.4 Å². The molecule has 0 spiro atoms. The summed E-state index contributed by atoms with van der Waals surface area (Å²) in [5.41, 5.74) is 1.91. The summed E-state index contributed by atoms with van der Waals surface area (Å²) in [4.78, 5) is 22.5. The summed E-state index contributed by atoms with van der Waals surface area (Å²) in [5, 5.41) is 11.5. The summed E-state index contributed by atoms with van der Waals surface area (Å²) >= 11 is 0. The Morgan fingerprint density at radius 1 is 1.27 bits per heavy atom. The lowest BCUT2D eigenvalue weighted by atomic mass is 10.0. The summed E-state index contributed by atoms with van der Waals surface area (Å²) in [6.07, 6.45) is 0.667. The quantitative estimate of drug-likeness (QED) is 0.724. The molecule has 0 saturated carbocycles. The summed E-state index contributed by atoms with van der Waals surface area (Å²) < 4.78 is 5.07. The Bertz CT molecular complexity index is 536. The molecule has 2 N–H and O–H groups in total. The van der Waals surface area contributed by atoms with Crippen molar-refractivity contribution in [1.29, 1.82) is 0 Å². The molecule has 0 fully saturated rings. The van der Waals surface area contributed by atoms with Crippen LogP contribution in [0.3, 0.4) is 0 Å². The van der Waals surface area contributed by atoms with Crippen LogP contribution < -0.4 is 10.1 Å². The zero-order chi connectivity index (χ0) is 16.7. The molecule has 0 aromatic heterocycles. The molecule has 1 rings (SSSR count). The number of rotatable bonds is 8. The lowest BCUT2D eigenvalue weighted by Crippen LogP contribution is -2.31. The molecular weight excluding hydrogens is 282 g/mol. The Kier molecular flexibility index (Phi) is 6.63. The molecule has 22 heavy (non-hydrogen) atoms. The highest BCUT2D eigenvalue weighted by Gasteiger charge is 2.16. The Hall–Kier alpha value is -2.30. The van der Waals surface area contributed by atoms with Gasteiger partial charge in [-0.05, 0) is 38.0 Å². The van der Waals surface area contributed by atoms with Crippen molar-refractivity contribution in [3.8, 4) is 5.75 Å². The zero-order valence-corrected chi connectivity index (χ0v) is 13.3. The maximum Gasteiger partial charge on any atom is 0.341 e. The van der Waals surface area contributed by atoms with Crippen LogP contribution in [0.2, 0.25) is 0 Å². The van der Waals surface area contributed by atoms with E-state index in [9.17, 15) is 9.59 Å². The Morgan fingerprint density at radius 2 is 1.86 bits per heavy atom. The first-order valence-corrected chi connectivity index (χ1v) is 7.19. The van der Waals surface area contributed by atoms with Crippen molar-refractivity contribution in [2.24, 2.45) is 5.92 Å². The lowest BCUT2D eigenvalue weighted by molar-refractivity contribution is -0.139. The number of aliphatic carboxylic acids is 1. The van der Waals surface area contributed by atoms with E-state index < -0.39 is 5.97 Å². The molecule has 1 amide bonds. The summed E-state index contributed by atoms with van der Waals surface area (Å²) in [6.45, 7) is 9.13. The van der Waals surface area contributed by atoms with E-state index in [0.717, 1.165) is 11.1 Å². The van der Waals surface area contributed by atoms with Crippen LogP contribution >= 0.6 is 0 Å². The molecule has 0 aliphatic heterocycles. The van der Waals surface area contributed by atoms with Crippen LogP contribution in [0.25, 0.3) is 0 Å². The number of allylic oxidation sites excluding steroid dienone is 1. The van der Waals surface area contributed by atoms with Crippen LogP contribution in [-0.4, -0.2) is 23.6 Å². The first kappa shape index (κ1) is 17.8. The topological polar surface area (TPSA) is 75.6 Å². The third-order valence-corrected chi connectivity index (χ3v) is 3.20. The predicted octanol–water partition coefficient (Wildman–Crippen LogP) is 2.93. The molecule has 0 bridgehead atoms. The average molecular weight is 305 g/mol. The number of benzene rings is 1. The van der Waals surface area contributed by atoms with Gasteiger partial charge in [0, 0.05) is 5.92 Å². The predicted molar refractivity (Wildman–Crippen MR) is 84.7 cm³/mol. The number of carboxylic acids is 1. The monoisotopic (exact) mass is 305 g/mol.